The number of imidazole rings is 1. The zero-order chi connectivity index (χ0) is 16.9. The highest BCUT2D eigenvalue weighted by molar-refractivity contribution is 6.30. The van der Waals surface area contributed by atoms with Gasteiger partial charge in [0.25, 0.3) is 0 Å². The smallest absolute Gasteiger partial charge is 0.223 e. The Balaban J connectivity index is 1.53. The van der Waals surface area contributed by atoms with Crippen molar-refractivity contribution in [3.8, 4) is 5.75 Å². The topological polar surface area (TPSA) is 56.1 Å². The van der Waals surface area contributed by atoms with Crippen LogP contribution >= 0.6 is 11.6 Å². The summed E-state index contributed by atoms with van der Waals surface area (Å²) in [6.07, 6.45) is 6.03. The number of fused-ring (bicyclic) bond motifs is 1. The molecular weight excluding hydrogens is 326 g/mol. The fraction of sp³-hybridized carbons (Fsp3) is 0.444. The number of aromatic nitrogens is 2. The second-order valence-corrected chi connectivity index (χ2v) is 6.39. The highest BCUT2D eigenvalue weighted by Gasteiger charge is 2.24. The van der Waals surface area contributed by atoms with Crippen molar-refractivity contribution in [2.75, 3.05) is 13.2 Å². The van der Waals surface area contributed by atoms with Gasteiger partial charge in [0.2, 0.25) is 5.91 Å². The van der Waals surface area contributed by atoms with Crippen LogP contribution in [0.1, 0.15) is 24.7 Å². The molecule has 6 heteroatoms. The van der Waals surface area contributed by atoms with Crippen LogP contribution in [-0.2, 0) is 24.2 Å². The molecule has 0 saturated heterocycles. The monoisotopic (exact) mass is 347 g/mol. The number of hydrogen-bond donors (Lipinski definition) is 1. The minimum atomic E-state index is 0.00521. The molecule has 1 N–H and O–H groups in total. The Morgan fingerprint density at radius 2 is 2.38 bits per heavy atom. The van der Waals surface area contributed by atoms with E-state index in [1.165, 1.54) is 0 Å². The Bertz CT molecular complexity index is 714. The second-order valence-electron chi connectivity index (χ2n) is 5.95. The van der Waals surface area contributed by atoms with Gasteiger partial charge in [0.1, 0.15) is 11.6 Å². The summed E-state index contributed by atoms with van der Waals surface area (Å²) in [7, 11) is 0. The number of nitrogens with one attached hydrogen (secondary N) is 1. The lowest BCUT2D eigenvalue weighted by Gasteiger charge is -2.22. The number of amides is 1. The van der Waals surface area contributed by atoms with E-state index in [1.807, 2.05) is 31.3 Å². The summed E-state index contributed by atoms with van der Waals surface area (Å²) >= 11 is 6.07. The minimum absolute atomic E-state index is 0.00521. The summed E-state index contributed by atoms with van der Waals surface area (Å²) in [5.41, 5.74) is 1.02. The molecule has 1 amide bonds. The number of rotatable bonds is 6. The van der Waals surface area contributed by atoms with E-state index < -0.39 is 0 Å². The SMILES string of the molecule is CCOc1ccc(Cl)cc1CCNC(=O)[C@@H]1CCn2ccnc2C1. The third-order valence-electron chi connectivity index (χ3n) is 4.34. The first kappa shape index (κ1) is 16.8. The maximum atomic E-state index is 12.4. The van der Waals surface area contributed by atoms with E-state index in [9.17, 15) is 4.79 Å². The normalized spacial score (nSPS) is 16.5. The van der Waals surface area contributed by atoms with Crippen molar-refractivity contribution in [3.05, 3.63) is 47.0 Å². The van der Waals surface area contributed by atoms with E-state index in [4.69, 9.17) is 16.3 Å². The number of carbonyl (C=O) groups excluding carboxylic acids is 1. The molecule has 0 spiro atoms. The number of benzene rings is 1. The number of carbonyl (C=O) groups is 1. The summed E-state index contributed by atoms with van der Waals surface area (Å²) < 4.78 is 7.73. The maximum absolute atomic E-state index is 12.4. The van der Waals surface area contributed by atoms with Crippen LogP contribution in [0.4, 0.5) is 0 Å². The van der Waals surface area contributed by atoms with E-state index in [0.717, 1.165) is 30.1 Å². The highest BCUT2D eigenvalue weighted by Crippen LogP contribution is 2.23. The van der Waals surface area contributed by atoms with E-state index >= 15 is 0 Å². The maximum Gasteiger partial charge on any atom is 0.223 e. The quantitative estimate of drug-likeness (QED) is 0.874. The standard InChI is InChI=1S/C18H22ClN3O2/c1-2-24-16-4-3-15(19)11-13(16)5-7-21-18(23)14-6-9-22-10-8-20-17(22)12-14/h3-4,8,10-11,14H,2,5-7,9,12H2,1H3,(H,21,23)/t14-/m1/s1. The van der Waals surface area contributed by atoms with Crippen LogP contribution in [0.15, 0.2) is 30.6 Å². The van der Waals surface area contributed by atoms with Gasteiger partial charge in [-0.15, -0.1) is 0 Å². The minimum Gasteiger partial charge on any atom is -0.494 e. The lowest BCUT2D eigenvalue weighted by molar-refractivity contribution is -0.125. The lowest BCUT2D eigenvalue weighted by Crippen LogP contribution is -2.36. The molecule has 3 rings (SSSR count). The van der Waals surface area contributed by atoms with Crippen LogP contribution in [-0.4, -0.2) is 28.6 Å². The summed E-state index contributed by atoms with van der Waals surface area (Å²) in [6.45, 7) is 3.99. The van der Waals surface area contributed by atoms with Crippen LogP contribution in [0, 0.1) is 5.92 Å². The molecule has 1 atom stereocenters. The molecule has 1 aliphatic rings. The highest BCUT2D eigenvalue weighted by atomic mass is 35.5. The molecule has 0 aliphatic carbocycles. The molecule has 0 unspecified atom stereocenters. The first-order chi connectivity index (χ1) is 11.7. The van der Waals surface area contributed by atoms with Crippen LogP contribution < -0.4 is 10.1 Å². The van der Waals surface area contributed by atoms with Gasteiger partial charge in [-0.2, -0.15) is 0 Å². The Labute approximate surface area is 147 Å². The first-order valence-corrected chi connectivity index (χ1v) is 8.74. The fourth-order valence-electron chi connectivity index (χ4n) is 3.08. The zero-order valence-electron chi connectivity index (χ0n) is 13.8. The van der Waals surface area contributed by atoms with E-state index in [1.54, 1.807) is 6.20 Å². The van der Waals surface area contributed by atoms with Gasteiger partial charge in [0.15, 0.2) is 0 Å². The van der Waals surface area contributed by atoms with Gasteiger partial charge >= 0.3 is 0 Å². The molecule has 24 heavy (non-hydrogen) atoms. The average Bonchev–Trinajstić information content (AvgIpc) is 3.05. The van der Waals surface area contributed by atoms with Crippen molar-refractivity contribution in [3.63, 3.8) is 0 Å². The summed E-state index contributed by atoms with van der Waals surface area (Å²) in [5.74, 6) is 1.93. The van der Waals surface area contributed by atoms with Crippen molar-refractivity contribution < 1.29 is 9.53 Å². The van der Waals surface area contributed by atoms with Gasteiger partial charge in [-0.1, -0.05) is 11.6 Å². The van der Waals surface area contributed by atoms with Crippen LogP contribution in [0.2, 0.25) is 5.02 Å². The van der Waals surface area contributed by atoms with Gasteiger partial charge in [-0.05, 0) is 43.5 Å². The second kappa shape index (κ2) is 7.71. The Morgan fingerprint density at radius 1 is 1.50 bits per heavy atom. The lowest BCUT2D eigenvalue weighted by atomic mass is 9.97. The predicted octanol–water partition coefficient (Wildman–Crippen LogP) is 2.86. The van der Waals surface area contributed by atoms with Crippen molar-refractivity contribution in [1.82, 2.24) is 14.9 Å². The molecule has 0 bridgehead atoms. The summed E-state index contributed by atoms with van der Waals surface area (Å²) in [6, 6.07) is 5.60. The Hall–Kier alpha value is -2.01. The van der Waals surface area contributed by atoms with Gasteiger partial charge < -0.3 is 14.6 Å². The molecule has 128 valence electrons. The van der Waals surface area contributed by atoms with Gasteiger partial charge in [-0.3, -0.25) is 4.79 Å². The first-order valence-electron chi connectivity index (χ1n) is 8.36. The number of aryl methyl sites for hydroxylation is 1. The Kier molecular flexibility index (Phi) is 5.41. The zero-order valence-corrected chi connectivity index (χ0v) is 14.6. The molecule has 2 heterocycles. The van der Waals surface area contributed by atoms with Crippen molar-refractivity contribution in [1.29, 1.82) is 0 Å². The fourth-order valence-corrected chi connectivity index (χ4v) is 3.27. The number of hydrogen-bond acceptors (Lipinski definition) is 3. The molecule has 2 aromatic rings. The largest absolute Gasteiger partial charge is 0.494 e. The van der Waals surface area contributed by atoms with Gasteiger partial charge in [0, 0.05) is 42.8 Å². The predicted molar refractivity (Wildman–Crippen MR) is 93.4 cm³/mol. The van der Waals surface area contributed by atoms with E-state index in [0.29, 0.717) is 31.0 Å². The van der Waals surface area contributed by atoms with Crippen LogP contribution in [0.25, 0.3) is 0 Å². The van der Waals surface area contributed by atoms with Gasteiger partial charge in [0.05, 0.1) is 6.61 Å². The molecule has 5 nitrogen and oxygen atoms in total. The third-order valence-corrected chi connectivity index (χ3v) is 4.57. The molecule has 1 aliphatic heterocycles. The van der Waals surface area contributed by atoms with E-state index in [-0.39, 0.29) is 11.8 Å². The summed E-state index contributed by atoms with van der Waals surface area (Å²) in [5, 5.41) is 3.72. The van der Waals surface area contributed by atoms with Crippen molar-refractivity contribution in [2.45, 2.75) is 32.7 Å². The van der Waals surface area contributed by atoms with Crippen molar-refractivity contribution >= 4 is 17.5 Å². The molecular formula is C18H22ClN3O2. The van der Waals surface area contributed by atoms with Crippen LogP contribution in [0.3, 0.4) is 0 Å². The molecule has 0 fully saturated rings. The molecule has 1 aromatic carbocycles. The molecule has 0 saturated carbocycles. The molecule has 1 aromatic heterocycles. The van der Waals surface area contributed by atoms with Crippen molar-refractivity contribution in [2.24, 2.45) is 5.92 Å². The third kappa shape index (κ3) is 3.90. The average molecular weight is 348 g/mol. The number of ether oxygens (including phenoxy) is 1. The van der Waals surface area contributed by atoms with E-state index in [2.05, 4.69) is 14.9 Å². The summed E-state index contributed by atoms with van der Waals surface area (Å²) in [4.78, 5) is 16.7. The molecule has 0 radical (unpaired) electrons. The van der Waals surface area contributed by atoms with Crippen LogP contribution in [0.5, 0.6) is 5.75 Å². The Morgan fingerprint density at radius 3 is 3.21 bits per heavy atom. The number of halogens is 1. The van der Waals surface area contributed by atoms with Gasteiger partial charge in [-0.25, -0.2) is 4.98 Å². The number of nitrogens with zero attached hydrogens (tertiary/aromatic N) is 2.